The number of phenols is 1. The van der Waals surface area contributed by atoms with Gasteiger partial charge in [-0.25, -0.2) is 0 Å². The van der Waals surface area contributed by atoms with Crippen LogP contribution in [0.3, 0.4) is 0 Å². The van der Waals surface area contributed by atoms with E-state index in [9.17, 15) is 10.2 Å². The molecule has 0 saturated carbocycles. The van der Waals surface area contributed by atoms with E-state index in [1.54, 1.807) is 12.1 Å². The molecule has 1 aromatic rings. The van der Waals surface area contributed by atoms with Gasteiger partial charge in [-0.3, -0.25) is 0 Å². The highest BCUT2D eigenvalue weighted by Gasteiger charge is 2.10. The quantitative estimate of drug-likeness (QED) is 0.633. The van der Waals surface area contributed by atoms with Gasteiger partial charge in [0.15, 0.2) is 0 Å². The molecule has 4 heteroatoms. The smallest absolute Gasteiger partial charge is 0.125 e. The average molecular weight is 183 g/mol. The van der Waals surface area contributed by atoms with Gasteiger partial charge >= 0.3 is 0 Å². The maximum Gasteiger partial charge on any atom is 0.125 e. The first-order chi connectivity index (χ1) is 6.19. The lowest BCUT2D eigenvalue weighted by atomic mass is 10.1. The van der Waals surface area contributed by atoms with Crippen molar-refractivity contribution in [2.45, 2.75) is 6.10 Å². The van der Waals surface area contributed by atoms with Gasteiger partial charge in [0.25, 0.3) is 0 Å². The standard InChI is InChI=1S/C9H13NO3/c1-13-6-2-3-7(8(11)4-6)9(12)5-10/h2-4,9,11-12H,5,10H2,1H3/t9-/m0/s1. The van der Waals surface area contributed by atoms with E-state index in [1.165, 1.54) is 13.2 Å². The molecule has 0 unspecified atom stereocenters. The van der Waals surface area contributed by atoms with Gasteiger partial charge < -0.3 is 20.7 Å². The summed E-state index contributed by atoms with van der Waals surface area (Å²) in [6.07, 6.45) is -0.828. The Morgan fingerprint density at radius 2 is 2.23 bits per heavy atom. The Morgan fingerprint density at radius 3 is 2.69 bits per heavy atom. The fourth-order valence-electron chi connectivity index (χ4n) is 1.06. The lowest BCUT2D eigenvalue weighted by Gasteiger charge is -2.10. The second-order valence-electron chi connectivity index (χ2n) is 2.68. The highest BCUT2D eigenvalue weighted by Crippen LogP contribution is 2.27. The third-order valence-corrected chi connectivity index (χ3v) is 1.82. The number of nitrogens with two attached hydrogens (primary N) is 1. The summed E-state index contributed by atoms with van der Waals surface area (Å²) in [5, 5.41) is 18.8. The zero-order chi connectivity index (χ0) is 9.84. The van der Waals surface area contributed by atoms with Crippen molar-refractivity contribution in [3.8, 4) is 11.5 Å². The Bertz CT molecular complexity index is 288. The van der Waals surface area contributed by atoms with Crippen LogP contribution in [0.1, 0.15) is 11.7 Å². The summed E-state index contributed by atoms with van der Waals surface area (Å²) in [5.74, 6) is 0.544. The first-order valence-electron chi connectivity index (χ1n) is 3.94. The van der Waals surface area contributed by atoms with E-state index in [4.69, 9.17) is 10.5 Å². The Morgan fingerprint density at radius 1 is 1.54 bits per heavy atom. The molecule has 13 heavy (non-hydrogen) atoms. The van der Waals surface area contributed by atoms with Crippen LogP contribution in [0.5, 0.6) is 11.5 Å². The molecule has 0 aromatic heterocycles. The maximum atomic E-state index is 9.43. The summed E-state index contributed by atoms with van der Waals surface area (Å²) in [7, 11) is 1.51. The number of benzene rings is 1. The van der Waals surface area contributed by atoms with Crippen molar-refractivity contribution in [1.29, 1.82) is 0 Å². The minimum Gasteiger partial charge on any atom is -0.507 e. The second-order valence-corrected chi connectivity index (χ2v) is 2.68. The summed E-state index contributed by atoms with van der Waals surface area (Å²) in [5.41, 5.74) is 5.67. The molecule has 1 rings (SSSR count). The lowest BCUT2D eigenvalue weighted by Crippen LogP contribution is -2.11. The van der Waals surface area contributed by atoms with Crippen molar-refractivity contribution >= 4 is 0 Å². The van der Waals surface area contributed by atoms with Crippen molar-refractivity contribution in [3.05, 3.63) is 23.8 Å². The van der Waals surface area contributed by atoms with Gasteiger partial charge in [-0.2, -0.15) is 0 Å². The van der Waals surface area contributed by atoms with Crippen LogP contribution in [0.4, 0.5) is 0 Å². The highest BCUT2D eigenvalue weighted by atomic mass is 16.5. The van der Waals surface area contributed by atoms with Gasteiger partial charge in [-0.05, 0) is 12.1 Å². The summed E-state index contributed by atoms with van der Waals surface area (Å²) < 4.78 is 4.89. The molecule has 1 aromatic carbocycles. The van der Waals surface area contributed by atoms with Crippen molar-refractivity contribution < 1.29 is 14.9 Å². The number of aliphatic hydroxyl groups excluding tert-OH is 1. The van der Waals surface area contributed by atoms with Crippen molar-refractivity contribution in [1.82, 2.24) is 0 Å². The van der Waals surface area contributed by atoms with Crippen LogP contribution in [0.2, 0.25) is 0 Å². The van der Waals surface area contributed by atoms with Crippen LogP contribution >= 0.6 is 0 Å². The number of hydrogen-bond acceptors (Lipinski definition) is 4. The third-order valence-electron chi connectivity index (χ3n) is 1.82. The Labute approximate surface area is 76.6 Å². The minimum absolute atomic E-state index is 0.00250. The maximum absolute atomic E-state index is 9.43. The number of rotatable bonds is 3. The van der Waals surface area contributed by atoms with Crippen molar-refractivity contribution in [2.24, 2.45) is 5.73 Å². The number of aliphatic hydroxyl groups is 1. The molecule has 4 nitrogen and oxygen atoms in total. The fourth-order valence-corrected chi connectivity index (χ4v) is 1.06. The summed E-state index contributed by atoms with van der Waals surface area (Å²) >= 11 is 0. The lowest BCUT2D eigenvalue weighted by molar-refractivity contribution is 0.182. The molecule has 0 spiro atoms. The van der Waals surface area contributed by atoms with Crippen LogP contribution in [0.25, 0.3) is 0 Å². The Hall–Kier alpha value is -1.26. The molecule has 0 heterocycles. The molecule has 0 aliphatic rings. The average Bonchev–Trinajstić information content (AvgIpc) is 2.16. The first-order valence-corrected chi connectivity index (χ1v) is 3.94. The predicted octanol–water partition coefficient (Wildman–Crippen LogP) is 0.393. The number of aromatic hydroxyl groups is 1. The van der Waals surface area contributed by atoms with E-state index in [2.05, 4.69) is 0 Å². The van der Waals surface area contributed by atoms with E-state index in [1.807, 2.05) is 0 Å². The monoisotopic (exact) mass is 183 g/mol. The van der Waals surface area contributed by atoms with Gasteiger partial charge in [0.1, 0.15) is 11.5 Å². The topological polar surface area (TPSA) is 75.7 Å². The van der Waals surface area contributed by atoms with E-state index in [0.29, 0.717) is 11.3 Å². The number of hydrogen-bond donors (Lipinski definition) is 3. The van der Waals surface area contributed by atoms with Gasteiger partial charge in [0.05, 0.1) is 13.2 Å². The SMILES string of the molecule is COc1ccc([C@@H](O)CN)c(O)c1. The molecule has 0 radical (unpaired) electrons. The molecular weight excluding hydrogens is 170 g/mol. The molecule has 0 fully saturated rings. The number of methoxy groups -OCH3 is 1. The summed E-state index contributed by atoms with van der Waals surface area (Å²) in [4.78, 5) is 0. The molecule has 0 bridgehead atoms. The molecule has 4 N–H and O–H groups in total. The minimum atomic E-state index is -0.828. The van der Waals surface area contributed by atoms with E-state index >= 15 is 0 Å². The van der Waals surface area contributed by atoms with Crippen molar-refractivity contribution in [3.63, 3.8) is 0 Å². The second kappa shape index (κ2) is 4.11. The molecule has 0 aliphatic carbocycles. The summed E-state index contributed by atoms with van der Waals surface area (Å²) in [6.45, 7) is 0.0832. The van der Waals surface area contributed by atoms with E-state index in [-0.39, 0.29) is 12.3 Å². The number of phenolic OH excluding ortho intramolecular Hbond substituents is 1. The third kappa shape index (κ3) is 2.11. The predicted molar refractivity (Wildman–Crippen MR) is 48.7 cm³/mol. The molecule has 0 saturated heterocycles. The highest BCUT2D eigenvalue weighted by molar-refractivity contribution is 5.40. The zero-order valence-corrected chi connectivity index (χ0v) is 7.40. The van der Waals surface area contributed by atoms with Crippen LogP contribution in [-0.2, 0) is 0 Å². The van der Waals surface area contributed by atoms with Gasteiger partial charge in [-0.15, -0.1) is 0 Å². The molecule has 0 amide bonds. The van der Waals surface area contributed by atoms with Crippen LogP contribution in [-0.4, -0.2) is 23.9 Å². The van der Waals surface area contributed by atoms with Crippen LogP contribution in [0, 0.1) is 0 Å². The van der Waals surface area contributed by atoms with Crippen molar-refractivity contribution in [2.75, 3.05) is 13.7 Å². The zero-order valence-electron chi connectivity index (χ0n) is 7.40. The van der Waals surface area contributed by atoms with Gasteiger partial charge in [0, 0.05) is 18.2 Å². The first kappa shape index (κ1) is 9.83. The fraction of sp³-hybridized carbons (Fsp3) is 0.333. The molecule has 72 valence electrons. The largest absolute Gasteiger partial charge is 0.507 e. The van der Waals surface area contributed by atoms with E-state index in [0.717, 1.165) is 0 Å². The van der Waals surface area contributed by atoms with Gasteiger partial charge in [0.2, 0.25) is 0 Å². The molecule has 0 aliphatic heterocycles. The summed E-state index contributed by atoms with van der Waals surface area (Å²) in [6, 6.07) is 4.69. The number of ether oxygens (including phenoxy) is 1. The molecule has 1 atom stereocenters. The Balaban J connectivity index is 2.98. The normalized spacial score (nSPS) is 12.5. The van der Waals surface area contributed by atoms with Crippen LogP contribution in [0.15, 0.2) is 18.2 Å². The van der Waals surface area contributed by atoms with Gasteiger partial charge in [-0.1, -0.05) is 0 Å². The molecular formula is C9H13NO3. The Kier molecular flexibility index (Phi) is 3.11. The van der Waals surface area contributed by atoms with E-state index < -0.39 is 6.10 Å². The van der Waals surface area contributed by atoms with Crippen LogP contribution < -0.4 is 10.5 Å².